The average Bonchev–Trinajstić information content (AvgIpc) is 2.35. The van der Waals surface area contributed by atoms with E-state index in [0.29, 0.717) is 15.3 Å². The van der Waals surface area contributed by atoms with Crippen molar-refractivity contribution in [3.63, 3.8) is 0 Å². The number of hydrogen-bond acceptors (Lipinski definition) is 3. The Bertz CT molecular complexity index is 461. The Balaban J connectivity index is 2.08. The van der Waals surface area contributed by atoms with Crippen molar-refractivity contribution in [1.82, 2.24) is 10.3 Å². The van der Waals surface area contributed by atoms with E-state index in [1.165, 1.54) is 0 Å². The van der Waals surface area contributed by atoms with Crippen molar-refractivity contribution < 1.29 is 4.79 Å². The summed E-state index contributed by atoms with van der Waals surface area (Å²) in [5, 5.41) is 6.52. The summed E-state index contributed by atoms with van der Waals surface area (Å²) in [6, 6.07) is 1.75. The monoisotopic (exact) mass is 331 g/mol. The second kappa shape index (κ2) is 5.55. The molecule has 1 unspecified atom stereocenters. The van der Waals surface area contributed by atoms with Crippen LogP contribution in [0.5, 0.6) is 0 Å². The number of rotatable bonds is 2. The number of amides is 1. The van der Waals surface area contributed by atoms with Gasteiger partial charge in [-0.05, 0) is 54.7 Å². The van der Waals surface area contributed by atoms with Crippen LogP contribution in [0.3, 0.4) is 0 Å². The topological polar surface area (TPSA) is 54.0 Å². The molecule has 2 N–H and O–H groups in total. The number of nitrogens with zero attached hydrogens (tertiary/aromatic N) is 1. The first kappa shape index (κ1) is 13.8. The highest BCUT2D eigenvalue weighted by Gasteiger charge is 2.34. The second-order valence-electron chi connectivity index (χ2n) is 4.67. The van der Waals surface area contributed by atoms with E-state index in [1.54, 1.807) is 12.3 Å². The van der Waals surface area contributed by atoms with E-state index < -0.39 is 5.54 Å². The van der Waals surface area contributed by atoms with Gasteiger partial charge in [0.25, 0.3) is 0 Å². The van der Waals surface area contributed by atoms with E-state index in [1.807, 2.05) is 6.92 Å². The molecule has 1 fully saturated rings. The van der Waals surface area contributed by atoms with E-state index >= 15 is 0 Å². The van der Waals surface area contributed by atoms with Gasteiger partial charge in [0.15, 0.2) is 0 Å². The van der Waals surface area contributed by atoms with Crippen molar-refractivity contribution in [3.8, 4) is 0 Å². The number of halogens is 2. The van der Waals surface area contributed by atoms with Gasteiger partial charge in [-0.15, -0.1) is 0 Å². The quantitative estimate of drug-likeness (QED) is 0.819. The molecule has 0 spiro atoms. The molecule has 1 aromatic rings. The van der Waals surface area contributed by atoms with Gasteiger partial charge in [-0.3, -0.25) is 4.79 Å². The van der Waals surface area contributed by atoms with Crippen molar-refractivity contribution in [2.45, 2.75) is 31.7 Å². The highest BCUT2D eigenvalue weighted by atomic mass is 79.9. The second-order valence-corrected chi connectivity index (χ2v) is 5.88. The lowest BCUT2D eigenvalue weighted by molar-refractivity contribution is -0.122. The highest BCUT2D eigenvalue weighted by molar-refractivity contribution is 9.10. The number of hydrogen-bond donors (Lipinski definition) is 2. The molecule has 1 saturated heterocycles. The maximum Gasteiger partial charge on any atom is 0.244 e. The minimum atomic E-state index is -0.496. The van der Waals surface area contributed by atoms with Crippen molar-refractivity contribution >= 4 is 39.1 Å². The molecule has 1 amide bonds. The van der Waals surface area contributed by atoms with Gasteiger partial charge in [0.2, 0.25) is 5.91 Å². The largest absolute Gasteiger partial charge is 0.323 e. The van der Waals surface area contributed by atoms with Crippen LogP contribution in [0, 0.1) is 0 Å². The van der Waals surface area contributed by atoms with Gasteiger partial charge in [-0.1, -0.05) is 11.6 Å². The lowest BCUT2D eigenvalue weighted by atomic mass is 9.90. The molecule has 1 aromatic heterocycles. The zero-order valence-corrected chi connectivity index (χ0v) is 12.4. The number of nitrogens with one attached hydrogen (secondary N) is 2. The molecule has 6 heteroatoms. The maximum absolute atomic E-state index is 12.2. The van der Waals surface area contributed by atoms with Crippen molar-refractivity contribution in [3.05, 3.63) is 21.9 Å². The minimum Gasteiger partial charge on any atom is -0.323 e. The molecule has 0 bridgehead atoms. The standard InChI is InChI=1S/C12H15BrClN3O/c1-12(4-2-3-5-16-12)11(18)17-8-6-9(13)10(14)15-7-8/h6-7,16H,2-5H2,1H3,(H,17,18). The molecule has 18 heavy (non-hydrogen) atoms. The van der Waals surface area contributed by atoms with Crippen LogP contribution in [0.1, 0.15) is 26.2 Å². The fourth-order valence-electron chi connectivity index (χ4n) is 2.01. The Morgan fingerprint density at radius 1 is 1.61 bits per heavy atom. The van der Waals surface area contributed by atoms with E-state index in [9.17, 15) is 4.79 Å². The molecule has 0 aromatic carbocycles. The number of carbonyl (C=O) groups is 1. The minimum absolute atomic E-state index is 0.0294. The van der Waals surface area contributed by atoms with Gasteiger partial charge >= 0.3 is 0 Å². The summed E-state index contributed by atoms with van der Waals surface area (Å²) in [7, 11) is 0. The van der Waals surface area contributed by atoms with Crippen LogP contribution in [-0.2, 0) is 4.79 Å². The number of anilines is 1. The number of carbonyl (C=O) groups excluding carboxylic acids is 1. The predicted molar refractivity (Wildman–Crippen MR) is 75.8 cm³/mol. The van der Waals surface area contributed by atoms with E-state index in [-0.39, 0.29) is 5.91 Å². The van der Waals surface area contributed by atoms with E-state index in [0.717, 1.165) is 25.8 Å². The van der Waals surface area contributed by atoms with E-state index in [4.69, 9.17) is 11.6 Å². The van der Waals surface area contributed by atoms with Gasteiger partial charge in [0, 0.05) is 0 Å². The number of pyridine rings is 1. The smallest absolute Gasteiger partial charge is 0.244 e. The molecule has 2 rings (SSSR count). The van der Waals surface area contributed by atoms with Gasteiger partial charge < -0.3 is 10.6 Å². The average molecular weight is 333 g/mol. The third-order valence-corrected chi connectivity index (χ3v) is 4.31. The molecule has 1 aliphatic rings. The molecule has 4 nitrogen and oxygen atoms in total. The third-order valence-electron chi connectivity index (χ3n) is 3.17. The Labute approximate surface area is 120 Å². The Morgan fingerprint density at radius 2 is 2.39 bits per heavy atom. The van der Waals surface area contributed by atoms with Crippen LogP contribution >= 0.6 is 27.5 Å². The van der Waals surface area contributed by atoms with Gasteiger partial charge in [-0.25, -0.2) is 4.98 Å². The zero-order valence-electron chi connectivity index (χ0n) is 10.1. The summed E-state index contributed by atoms with van der Waals surface area (Å²) in [5.74, 6) is -0.0294. The van der Waals surface area contributed by atoms with Gasteiger partial charge in [0.05, 0.1) is 21.9 Å². The van der Waals surface area contributed by atoms with Gasteiger partial charge in [0.1, 0.15) is 5.15 Å². The molecular formula is C12H15BrClN3O. The summed E-state index contributed by atoms with van der Waals surface area (Å²) in [5.41, 5.74) is 0.148. The summed E-state index contributed by atoms with van der Waals surface area (Å²) in [6.07, 6.45) is 4.59. The summed E-state index contributed by atoms with van der Waals surface area (Å²) < 4.78 is 0.670. The lowest BCUT2D eigenvalue weighted by Gasteiger charge is -2.33. The van der Waals surface area contributed by atoms with Crippen LogP contribution in [0.25, 0.3) is 0 Å². The van der Waals surface area contributed by atoms with Crippen LogP contribution < -0.4 is 10.6 Å². The first-order valence-electron chi connectivity index (χ1n) is 5.89. The summed E-state index contributed by atoms with van der Waals surface area (Å²) in [6.45, 7) is 2.81. The lowest BCUT2D eigenvalue weighted by Crippen LogP contribution is -2.54. The molecule has 0 aliphatic carbocycles. The maximum atomic E-state index is 12.2. The first-order chi connectivity index (χ1) is 8.51. The normalized spacial score (nSPS) is 23.7. The van der Waals surface area contributed by atoms with Gasteiger partial charge in [-0.2, -0.15) is 0 Å². The van der Waals surface area contributed by atoms with Crippen LogP contribution in [0.4, 0.5) is 5.69 Å². The van der Waals surface area contributed by atoms with Crippen LogP contribution in [0.15, 0.2) is 16.7 Å². The fourth-order valence-corrected chi connectivity index (χ4v) is 2.46. The van der Waals surface area contributed by atoms with Crippen molar-refractivity contribution in [2.24, 2.45) is 0 Å². The molecule has 1 atom stereocenters. The molecule has 0 radical (unpaired) electrons. The molecule has 0 saturated carbocycles. The molecule has 1 aliphatic heterocycles. The highest BCUT2D eigenvalue weighted by Crippen LogP contribution is 2.25. The van der Waals surface area contributed by atoms with Crippen molar-refractivity contribution in [1.29, 1.82) is 0 Å². The first-order valence-corrected chi connectivity index (χ1v) is 7.06. The Kier molecular flexibility index (Phi) is 4.25. The van der Waals surface area contributed by atoms with Crippen LogP contribution in [0.2, 0.25) is 5.15 Å². The van der Waals surface area contributed by atoms with Crippen LogP contribution in [-0.4, -0.2) is 23.0 Å². The summed E-state index contributed by atoms with van der Waals surface area (Å²) in [4.78, 5) is 16.2. The number of piperidine rings is 1. The summed E-state index contributed by atoms with van der Waals surface area (Å²) >= 11 is 9.09. The zero-order chi connectivity index (χ0) is 13.2. The third kappa shape index (κ3) is 3.02. The molecular weight excluding hydrogens is 318 g/mol. The SMILES string of the molecule is CC1(C(=O)Nc2cnc(Cl)c(Br)c2)CCCCN1. The van der Waals surface area contributed by atoms with Crippen molar-refractivity contribution in [2.75, 3.05) is 11.9 Å². The Morgan fingerprint density at radius 3 is 3.00 bits per heavy atom. The molecule has 2 heterocycles. The van der Waals surface area contributed by atoms with E-state index in [2.05, 4.69) is 31.5 Å². The fraction of sp³-hybridized carbons (Fsp3) is 0.500. The number of aromatic nitrogens is 1. The Hall–Kier alpha value is -0.650. The molecule has 98 valence electrons. The predicted octanol–water partition coefficient (Wildman–Crippen LogP) is 2.97.